The molecule has 0 fully saturated rings. The van der Waals surface area contributed by atoms with Gasteiger partial charge in [-0.1, -0.05) is 45.1 Å². The fourth-order valence-corrected chi connectivity index (χ4v) is 5.27. The van der Waals surface area contributed by atoms with Crippen molar-refractivity contribution in [2.45, 2.75) is 65.5 Å². The van der Waals surface area contributed by atoms with E-state index in [4.69, 9.17) is 24.7 Å². The maximum Gasteiger partial charge on any atom is 0.405 e. The van der Waals surface area contributed by atoms with E-state index in [9.17, 15) is 19.2 Å². The van der Waals surface area contributed by atoms with E-state index in [1.807, 2.05) is 33.8 Å². The maximum absolute atomic E-state index is 13.4. The third-order valence-electron chi connectivity index (χ3n) is 7.29. The molecule has 10 nitrogen and oxygen atoms in total. The second-order valence-electron chi connectivity index (χ2n) is 10.4. The van der Waals surface area contributed by atoms with Crippen molar-refractivity contribution in [1.29, 1.82) is 0 Å². The van der Waals surface area contributed by atoms with Crippen LogP contribution in [-0.4, -0.2) is 69.3 Å². The number of nitrogens with two attached hydrogens (primary N) is 1. The van der Waals surface area contributed by atoms with E-state index in [1.54, 1.807) is 39.4 Å². The van der Waals surface area contributed by atoms with Gasteiger partial charge in [-0.3, -0.25) is 14.4 Å². The highest BCUT2D eigenvalue weighted by Crippen LogP contribution is 2.30. The average molecular weight is 559 g/mol. The van der Waals surface area contributed by atoms with Crippen LogP contribution < -0.4 is 11.1 Å². The molecule has 10 heteroatoms. The molecule has 220 valence electrons. The molecule has 40 heavy (non-hydrogen) atoms. The predicted octanol–water partition coefficient (Wildman–Crippen LogP) is 3.33. The Morgan fingerprint density at radius 1 is 0.950 bits per heavy atom. The zero-order valence-corrected chi connectivity index (χ0v) is 24.6. The number of hydrogen-bond donors (Lipinski definition) is 2. The van der Waals surface area contributed by atoms with Crippen molar-refractivity contribution in [3.63, 3.8) is 0 Å². The summed E-state index contributed by atoms with van der Waals surface area (Å²) >= 11 is 0. The van der Waals surface area contributed by atoms with Crippen molar-refractivity contribution in [3.8, 4) is 0 Å². The number of ketones is 2. The summed E-state index contributed by atoms with van der Waals surface area (Å²) in [7, 11) is 4.64. The summed E-state index contributed by atoms with van der Waals surface area (Å²) in [5, 5.41) is 2.56. The van der Waals surface area contributed by atoms with Gasteiger partial charge in [-0.05, 0) is 37.8 Å². The molecule has 2 bridgehead atoms. The summed E-state index contributed by atoms with van der Waals surface area (Å²) in [5.41, 5.74) is 6.49. The average Bonchev–Trinajstić information content (AvgIpc) is 2.88. The van der Waals surface area contributed by atoms with Crippen molar-refractivity contribution in [3.05, 3.63) is 58.9 Å². The summed E-state index contributed by atoms with van der Waals surface area (Å²) < 4.78 is 22.9. The van der Waals surface area contributed by atoms with Gasteiger partial charge in [0.2, 0.25) is 5.78 Å². The largest absolute Gasteiger partial charge is 0.441 e. The Balaban J connectivity index is 2.62. The molecule has 0 aromatic heterocycles. The molecule has 1 heterocycles. The fraction of sp³-hybridized carbons (Fsp3) is 0.533. The Hall–Kier alpha value is -3.34. The minimum atomic E-state index is -0.902. The van der Waals surface area contributed by atoms with Crippen molar-refractivity contribution in [2.75, 3.05) is 21.3 Å². The molecular formula is C30H42N2O8. The second-order valence-corrected chi connectivity index (χ2v) is 10.4. The van der Waals surface area contributed by atoms with Crippen LogP contribution in [0.5, 0.6) is 0 Å². The molecule has 1 aliphatic heterocycles. The lowest BCUT2D eigenvalue weighted by molar-refractivity contribution is -0.120. The smallest absolute Gasteiger partial charge is 0.405 e. The van der Waals surface area contributed by atoms with Crippen LogP contribution >= 0.6 is 0 Å². The van der Waals surface area contributed by atoms with Gasteiger partial charge >= 0.3 is 6.09 Å². The molecule has 0 aromatic carbocycles. The summed E-state index contributed by atoms with van der Waals surface area (Å²) in [6.45, 7) is 9.17. The number of carbonyl (C=O) groups excluding carboxylic acids is 4. The van der Waals surface area contributed by atoms with Gasteiger partial charge in [-0.2, -0.15) is 0 Å². The Kier molecular flexibility index (Phi) is 12.2. The predicted molar refractivity (Wildman–Crippen MR) is 150 cm³/mol. The van der Waals surface area contributed by atoms with Crippen LogP contribution in [0.3, 0.4) is 0 Å². The van der Waals surface area contributed by atoms with Crippen molar-refractivity contribution >= 4 is 23.6 Å². The van der Waals surface area contributed by atoms with Gasteiger partial charge in [0.05, 0.1) is 24.0 Å². The molecule has 0 aromatic rings. The lowest BCUT2D eigenvalue weighted by Gasteiger charge is -2.34. The molecule has 2 amide bonds. The summed E-state index contributed by atoms with van der Waals surface area (Å²) in [6, 6.07) is 0. The van der Waals surface area contributed by atoms with Gasteiger partial charge in [-0.15, -0.1) is 0 Å². The van der Waals surface area contributed by atoms with E-state index in [1.165, 1.54) is 13.2 Å². The lowest BCUT2D eigenvalue weighted by Crippen LogP contribution is -2.40. The normalized spacial score (nSPS) is 34.4. The molecule has 2 aliphatic rings. The van der Waals surface area contributed by atoms with E-state index >= 15 is 0 Å². The highest BCUT2D eigenvalue weighted by Gasteiger charge is 2.36. The summed E-state index contributed by atoms with van der Waals surface area (Å²) in [5.74, 6) is -2.19. The van der Waals surface area contributed by atoms with E-state index in [0.29, 0.717) is 12.0 Å². The van der Waals surface area contributed by atoms with Crippen LogP contribution in [0.4, 0.5) is 4.79 Å². The summed E-state index contributed by atoms with van der Waals surface area (Å²) in [4.78, 5) is 50.5. The zero-order chi connectivity index (χ0) is 30.1. The second kappa shape index (κ2) is 14.9. The van der Waals surface area contributed by atoms with Gasteiger partial charge in [0.25, 0.3) is 5.91 Å². The van der Waals surface area contributed by atoms with Crippen LogP contribution in [0.15, 0.2) is 58.9 Å². The first-order valence-electron chi connectivity index (χ1n) is 13.3. The van der Waals surface area contributed by atoms with Gasteiger partial charge in [0.1, 0.15) is 6.10 Å². The number of amides is 2. The van der Waals surface area contributed by atoms with Crippen molar-refractivity contribution in [2.24, 2.45) is 23.5 Å². The number of carbonyl (C=O) groups is 4. The minimum absolute atomic E-state index is 0.119. The lowest BCUT2D eigenvalue weighted by atomic mass is 9.83. The topological polar surface area (TPSA) is 143 Å². The number of ether oxygens (including phenoxy) is 4. The standard InChI is InChI=1S/C30H42N2O8/c1-16-10-9-11-17(2)29(35)32-23-15-21(33)14-22(25(23)34)27(38-7)20(5)13-24(37-6)28(39-8)19(4)12-18(3)26(16)40-30(31)36/h9-12,14-16,19-20,24,26-28H,13H2,1-8H3,(H2,31,36)(H,32,35)/b10-9-,17-11-,18-12-/t16-,19-,20-,24+,26-,27-,28-/m1/s1. The molecule has 2 rings (SSSR count). The van der Waals surface area contributed by atoms with Crippen LogP contribution in [-0.2, 0) is 33.3 Å². The number of nitrogens with one attached hydrogen (secondary N) is 1. The third-order valence-corrected chi connectivity index (χ3v) is 7.29. The first-order chi connectivity index (χ1) is 18.8. The molecule has 1 aliphatic carbocycles. The maximum atomic E-state index is 13.4. The Morgan fingerprint density at radius 2 is 1.62 bits per heavy atom. The van der Waals surface area contributed by atoms with E-state index in [0.717, 1.165) is 11.6 Å². The third kappa shape index (κ3) is 8.33. The van der Waals surface area contributed by atoms with Crippen LogP contribution in [0.2, 0.25) is 0 Å². The zero-order valence-electron chi connectivity index (χ0n) is 24.6. The molecule has 0 radical (unpaired) electrons. The molecule has 0 saturated carbocycles. The first kappa shape index (κ1) is 32.9. The number of Topliss-reactive ketones (excluding diaryl/α,β-unsaturated/α-hetero) is 1. The van der Waals surface area contributed by atoms with Crippen molar-refractivity contribution < 1.29 is 38.1 Å². The number of methoxy groups -OCH3 is 3. The Bertz CT molecular complexity index is 1130. The van der Waals surface area contributed by atoms with Gasteiger partial charge < -0.3 is 30.0 Å². The SMILES string of the molecule is CO[C@@H]1[C@H](C)/C=C(/C)[C@H](OC(N)=O)[C@H](C)/C=C\C=C(\C)C(=O)NC2=CC(=O)C=C(C2=O)[C@H](OC)[C@H](C)C[C@@H]1OC. The van der Waals surface area contributed by atoms with E-state index < -0.39 is 48.0 Å². The number of primary amides is 1. The van der Waals surface area contributed by atoms with Gasteiger partial charge in [0.15, 0.2) is 5.78 Å². The number of hydrogen-bond acceptors (Lipinski definition) is 8. The molecular weight excluding hydrogens is 516 g/mol. The molecule has 0 unspecified atom stereocenters. The summed E-state index contributed by atoms with van der Waals surface area (Å²) in [6.07, 6.45) is 6.65. The molecule has 3 N–H and O–H groups in total. The number of allylic oxidation sites excluding steroid dienone is 5. The first-order valence-corrected chi connectivity index (χ1v) is 13.3. The van der Waals surface area contributed by atoms with Gasteiger partial charge in [0, 0.05) is 50.4 Å². The van der Waals surface area contributed by atoms with Crippen LogP contribution in [0, 0.1) is 17.8 Å². The van der Waals surface area contributed by atoms with E-state index in [-0.39, 0.29) is 29.0 Å². The monoisotopic (exact) mass is 558 g/mol. The number of fused-ring (bicyclic) bond motifs is 2. The minimum Gasteiger partial charge on any atom is -0.441 e. The Morgan fingerprint density at radius 3 is 2.20 bits per heavy atom. The number of rotatable bonds is 4. The van der Waals surface area contributed by atoms with Crippen LogP contribution in [0.25, 0.3) is 0 Å². The molecule has 0 saturated heterocycles. The quantitative estimate of drug-likeness (QED) is 0.395. The molecule has 0 spiro atoms. The Labute approximate surface area is 236 Å². The molecule has 7 atom stereocenters. The van der Waals surface area contributed by atoms with Crippen molar-refractivity contribution in [1.82, 2.24) is 5.32 Å². The fourth-order valence-electron chi connectivity index (χ4n) is 5.27. The highest BCUT2D eigenvalue weighted by molar-refractivity contribution is 6.22. The van der Waals surface area contributed by atoms with Crippen LogP contribution in [0.1, 0.15) is 41.0 Å². The van der Waals surface area contributed by atoms with E-state index in [2.05, 4.69) is 5.32 Å². The highest BCUT2D eigenvalue weighted by atomic mass is 16.6. The van der Waals surface area contributed by atoms with Gasteiger partial charge in [-0.25, -0.2) is 4.79 Å².